The van der Waals surface area contributed by atoms with Gasteiger partial charge in [-0.3, -0.25) is 14.3 Å². The summed E-state index contributed by atoms with van der Waals surface area (Å²) in [5.41, 5.74) is -2.26. The lowest BCUT2D eigenvalue weighted by molar-refractivity contribution is -0.0565. The minimum atomic E-state index is -1.58. The number of aliphatic hydroxyl groups excluding tert-OH is 3. The van der Waals surface area contributed by atoms with Crippen molar-refractivity contribution in [3.05, 3.63) is 32.6 Å². The molecular weight excluding hydrogens is 300 g/mol. The third kappa shape index (κ3) is 2.81. The van der Waals surface area contributed by atoms with E-state index < -0.39 is 54.1 Å². The van der Waals surface area contributed by atoms with E-state index >= 15 is 0 Å². The molecule has 0 aliphatic carbocycles. The lowest BCUT2D eigenvalue weighted by Gasteiger charge is -2.19. The molecule has 1 aromatic heterocycles. The van der Waals surface area contributed by atoms with Gasteiger partial charge in [-0.1, -0.05) is 0 Å². The van der Waals surface area contributed by atoms with E-state index in [1.807, 2.05) is 4.98 Å². The van der Waals surface area contributed by atoms with Gasteiger partial charge in [-0.25, -0.2) is 9.59 Å². The van der Waals surface area contributed by atoms with Gasteiger partial charge in [-0.05, 0) is 6.92 Å². The van der Waals surface area contributed by atoms with Crippen molar-refractivity contribution < 1.29 is 29.6 Å². The smallest absolute Gasteiger partial charge is 0.355 e. The molecule has 10 heteroatoms. The lowest BCUT2D eigenvalue weighted by Crippen LogP contribution is -2.41. The van der Waals surface area contributed by atoms with Crippen molar-refractivity contribution in [3.8, 4) is 0 Å². The first-order chi connectivity index (χ1) is 10.4. The van der Waals surface area contributed by atoms with E-state index in [2.05, 4.69) is 0 Å². The number of ether oxygens (including phenoxy) is 2. The molecule has 2 unspecified atom stereocenters. The van der Waals surface area contributed by atoms with Crippen molar-refractivity contribution in [2.24, 2.45) is 0 Å². The highest BCUT2D eigenvalue weighted by Crippen LogP contribution is 2.28. The van der Waals surface area contributed by atoms with Gasteiger partial charge in [0, 0.05) is 6.07 Å². The summed E-state index contributed by atoms with van der Waals surface area (Å²) in [6.45, 7) is 0.956. The highest BCUT2D eigenvalue weighted by atomic mass is 16.6. The van der Waals surface area contributed by atoms with E-state index in [-0.39, 0.29) is 6.61 Å². The van der Waals surface area contributed by atoms with Crippen molar-refractivity contribution >= 4 is 5.97 Å². The molecular formula is C12H16N2O8. The van der Waals surface area contributed by atoms with E-state index in [4.69, 9.17) is 14.6 Å². The van der Waals surface area contributed by atoms with Gasteiger partial charge in [-0.2, -0.15) is 0 Å². The average Bonchev–Trinajstić information content (AvgIpc) is 2.74. The zero-order chi connectivity index (χ0) is 16.4. The standard InChI is InChI=1S/C12H16N2O8/c1-2-21-11(19)5-3-7(16)13-12(20)14(5)10-9(18)8(17)6(4-15)22-10/h3,6,8-10,15,17-18H,2,4H2,1H3,(H,13,16,20)/t6-,8?,9?,10-/m0/s1. The summed E-state index contributed by atoms with van der Waals surface area (Å²) in [5, 5.41) is 28.7. The summed E-state index contributed by atoms with van der Waals surface area (Å²) in [6.07, 6.45) is -5.61. The number of nitrogens with one attached hydrogen (secondary N) is 1. The third-order valence-corrected chi connectivity index (χ3v) is 3.23. The van der Waals surface area contributed by atoms with Crippen molar-refractivity contribution in [3.63, 3.8) is 0 Å². The molecule has 0 spiro atoms. The molecule has 0 radical (unpaired) electrons. The first-order valence-electron chi connectivity index (χ1n) is 6.56. The first kappa shape index (κ1) is 16.4. The maximum absolute atomic E-state index is 12.0. The number of H-pyrrole nitrogens is 1. The monoisotopic (exact) mass is 316 g/mol. The first-order valence-corrected chi connectivity index (χ1v) is 6.56. The van der Waals surface area contributed by atoms with Gasteiger partial charge >= 0.3 is 11.7 Å². The fraction of sp³-hybridized carbons (Fsp3) is 0.583. The molecule has 122 valence electrons. The molecule has 1 fully saturated rings. The zero-order valence-electron chi connectivity index (χ0n) is 11.6. The maximum atomic E-state index is 12.0. The molecule has 2 heterocycles. The van der Waals surface area contributed by atoms with Crippen LogP contribution in [0.1, 0.15) is 23.6 Å². The summed E-state index contributed by atoms with van der Waals surface area (Å²) in [7, 11) is 0. The predicted molar refractivity (Wildman–Crippen MR) is 70.3 cm³/mol. The van der Waals surface area contributed by atoms with E-state index in [1.54, 1.807) is 6.92 Å². The van der Waals surface area contributed by atoms with Crippen molar-refractivity contribution in [2.75, 3.05) is 13.2 Å². The summed E-state index contributed by atoms with van der Waals surface area (Å²) in [6, 6.07) is 0.828. The maximum Gasteiger partial charge on any atom is 0.355 e. The fourth-order valence-corrected chi connectivity index (χ4v) is 2.21. The van der Waals surface area contributed by atoms with Gasteiger partial charge in [0.1, 0.15) is 24.0 Å². The van der Waals surface area contributed by atoms with Crippen LogP contribution in [0, 0.1) is 0 Å². The van der Waals surface area contributed by atoms with Gasteiger partial charge < -0.3 is 24.8 Å². The number of hydrogen-bond donors (Lipinski definition) is 4. The number of aromatic amines is 1. The summed E-state index contributed by atoms with van der Waals surface area (Å²) < 4.78 is 10.6. The second-order valence-electron chi connectivity index (χ2n) is 4.64. The van der Waals surface area contributed by atoms with Crippen LogP contribution in [0.15, 0.2) is 15.7 Å². The average molecular weight is 316 g/mol. The van der Waals surface area contributed by atoms with Gasteiger partial charge in [0.25, 0.3) is 5.56 Å². The molecule has 1 aliphatic rings. The van der Waals surface area contributed by atoms with Crippen molar-refractivity contribution in [2.45, 2.75) is 31.5 Å². The number of aliphatic hydroxyl groups is 3. The minimum Gasteiger partial charge on any atom is -0.461 e. The highest BCUT2D eigenvalue weighted by Gasteiger charge is 2.45. The number of esters is 1. The molecule has 10 nitrogen and oxygen atoms in total. The Morgan fingerprint density at radius 3 is 2.64 bits per heavy atom. The number of carbonyl (C=O) groups excluding carboxylic acids is 1. The normalized spacial score (nSPS) is 27.8. The molecule has 4 N–H and O–H groups in total. The van der Waals surface area contributed by atoms with E-state index in [1.165, 1.54) is 0 Å². The topological polar surface area (TPSA) is 151 Å². The minimum absolute atomic E-state index is 0.00971. The van der Waals surface area contributed by atoms with Crippen LogP contribution in [-0.4, -0.2) is 62.4 Å². The number of carbonyl (C=O) groups is 1. The van der Waals surface area contributed by atoms with Crippen molar-refractivity contribution in [1.82, 2.24) is 9.55 Å². The Balaban J connectivity index is 2.53. The lowest BCUT2D eigenvalue weighted by atomic mass is 10.1. The van der Waals surface area contributed by atoms with Crippen LogP contribution in [0.5, 0.6) is 0 Å². The Morgan fingerprint density at radius 1 is 1.41 bits per heavy atom. The van der Waals surface area contributed by atoms with Gasteiger partial charge in [0.05, 0.1) is 13.2 Å². The number of aromatic nitrogens is 2. The number of nitrogens with zero attached hydrogens (tertiary/aromatic N) is 1. The molecule has 1 aromatic rings. The summed E-state index contributed by atoms with van der Waals surface area (Å²) in [4.78, 5) is 37.2. The van der Waals surface area contributed by atoms with Crippen LogP contribution in [0.3, 0.4) is 0 Å². The molecule has 0 amide bonds. The Labute approximate surface area is 123 Å². The molecule has 22 heavy (non-hydrogen) atoms. The largest absolute Gasteiger partial charge is 0.461 e. The van der Waals surface area contributed by atoms with Crippen LogP contribution in [0.25, 0.3) is 0 Å². The van der Waals surface area contributed by atoms with Crippen molar-refractivity contribution in [1.29, 1.82) is 0 Å². The van der Waals surface area contributed by atoms with Gasteiger partial charge in [0.2, 0.25) is 0 Å². The molecule has 1 aliphatic heterocycles. The Morgan fingerprint density at radius 2 is 2.09 bits per heavy atom. The van der Waals surface area contributed by atoms with Crippen LogP contribution in [0.2, 0.25) is 0 Å². The SMILES string of the molecule is CCOC(=O)c1cc(=O)[nH]c(=O)n1[C@H]1O[C@@H](CO)C(O)C1O. The third-order valence-electron chi connectivity index (χ3n) is 3.23. The summed E-state index contributed by atoms with van der Waals surface area (Å²) >= 11 is 0. The Bertz CT molecular complexity index is 666. The quantitative estimate of drug-likeness (QED) is 0.439. The van der Waals surface area contributed by atoms with E-state index in [9.17, 15) is 24.6 Å². The van der Waals surface area contributed by atoms with Crippen LogP contribution < -0.4 is 11.2 Å². The molecule has 1 saturated heterocycles. The molecule has 4 atom stereocenters. The zero-order valence-corrected chi connectivity index (χ0v) is 11.6. The van der Waals surface area contributed by atoms with E-state index in [0.29, 0.717) is 4.57 Å². The molecule has 2 rings (SSSR count). The van der Waals surface area contributed by atoms with Gasteiger partial charge in [-0.15, -0.1) is 0 Å². The van der Waals surface area contributed by atoms with Crippen LogP contribution in [0.4, 0.5) is 0 Å². The van der Waals surface area contributed by atoms with Crippen LogP contribution in [-0.2, 0) is 9.47 Å². The summed E-state index contributed by atoms with van der Waals surface area (Å²) in [5.74, 6) is -0.955. The fourth-order valence-electron chi connectivity index (χ4n) is 2.21. The number of rotatable bonds is 4. The predicted octanol–water partition coefficient (Wildman–Crippen LogP) is -2.68. The molecule has 0 saturated carbocycles. The van der Waals surface area contributed by atoms with Crippen LogP contribution >= 0.6 is 0 Å². The Hall–Kier alpha value is -2.01. The highest BCUT2D eigenvalue weighted by molar-refractivity contribution is 5.87. The molecule has 0 bridgehead atoms. The second kappa shape index (κ2) is 6.40. The Kier molecular flexibility index (Phi) is 4.76. The second-order valence-corrected chi connectivity index (χ2v) is 4.64. The molecule has 0 aromatic carbocycles. The van der Waals surface area contributed by atoms with Gasteiger partial charge in [0.15, 0.2) is 6.23 Å². The van der Waals surface area contributed by atoms with E-state index in [0.717, 1.165) is 6.07 Å². The number of hydrogen-bond acceptors (Lipinski definition) is 8.